The molecule has 0 aromatic rings. The lowest BCUT2D eigenvalue weighted by atomic mass is 10.0. The molecule has 0 rings (SSSR count). The minimum Gasteiger partial charge on any atom is -0.395 e. The Bertz CT molecular complexity index is 262. The number of sulfone groups is 1. The molecule has 2 unspecified atom stereocenters. The number of hydrogen-bond acceptors (Lipinski definition) is 4. The van der Waals surface area contributed by atoms with Crippen LogP contribution in [-0.2, 0) is 9.84 Å². The minimum atomic E-state index is -2.94. The molecule has 0 bridgehead atoms. The third-order valence-corrected chi connectivity index (χ3v) is 4.33. The van der Waals surface area contributed by atoms with E-state index in [0.29, 0.717) is 5.92 Å². The van der Waals surface area contributed by atoms with Crippen molar-refractivity contribution in [2.24, 2.45) is 5.92 Å². The van der Waals surface area contributed by atoms with E-state index in [-0.39, 0.29) is 30.2 Å². The average Bonchev–Trinajstić information content (AvgIpc) is 2.13. The van der Waals surface area contributed by atoms with Crippen molar-refractivity contribution in [3.63, 3.8) is 0 Å². The van der Waals surface area contributed by atoms with Gasteiger partial charge >= 0.3 is 0 Å². The Kier molecular flexibility index (Phi) is 6.40. The number of nitrogens with one attached hydrogen (secondary N) is 1. The second-order valence-corrected chi connectivity index (χ2v) is 6.70. The summed E-state index contributed by atoms with van der Waals surface area (Å²) >= 11 is 0. The molecule has 15 heavy (non-hydrogen) atoms. The highest BCUT2D eigenvalue weighted by Crippen LogP contribution is 2.03. The molecule has 2 atom stereocenters. The summed E-state index contributed by atoms with van der Waals surface area (Å²) in [5, 5.41) is 12.2. The number of aliphatic hydroxyl groups excluding tert-OH is 1. The Labute approximate surface area is 93.0 Å². The second-order valence-electron chi connectivity index (χ2n) is 4.30. The van der Waals surface area contributed by atoms with Crippen LogP contribution in [0.1, 0.15) is 27.7 Å². The van der Waals surface area contributed by atoms with E-state index in [2.05, 4.69) is 5.32 Å². The minimum absolute atomic E-state index is 0.0351. The van der Waals surface area contributed by atoms with Crippen LogP contribution in [0.4, 0.5) is 0 Å². The van der Waals surface area contributed by atoms with Gasteiger partial charge in [-0.25, -0.2) is 8.42 Å². The molecule has 0 amide bonds. The highest BCUT2D eigenvalue weighted by atomic mass is 32.2. The quantitative estimate of drug-likeness (QED) is 0.673. The SMILES string of the molecule is CCS(=O)(=O)CC(C)NC(CO)C(C)C. The zero-order valence-corrected chi connectivity index (χ0v) is 10.8. The van der Waals surface area contributed by atoms with Crippen molar-refractivity contribution < 1.29 is 13.5 Å². The van der Waals surface area contributed by atoms with E-state index in [1.54, 1.807) is 6.92 Å². The Hall–Kier alpha value is -0.130. The Balaban J connectivity index is 4.19. The molecule has 0 aliphatic rings. The van der Waals surface area contributed by atoms with Crippen LogP contribution in [0, 0.1) is 5.92 Å². The molecule has 0 heterocycles. The molecule has 0 radical (unpaired) electrons. The molecular weight excluding hydrogens is 214 g/mol. The summed E-state index contributed by atoms with van der Waals surface area (Å²) in [5.74, 6) is 0.596. The molecule has 0 aromatic heterocycles. The molecule has 0 spiro atoms. The molecule has 4 nitrogen and oxygen atoms in total. The number of hydrogen-bond donors (Lipinski definition) is 2. The summed E-state index contributed by atoms with van der Waals surface area (Å²) in [7, 11) is -2.94. The van der Waals surface area contributed by atoms with Crippen molar-refractivity contribution in [1.29, 1.82) is 0 Å². The zero-order chi connectivity index (χ0) is 12.1. The molecule has 0 saturated heterocycles. The van der Waals surface area contributed by atoms with Gasteiger partial charge < -0.3 is 10.4 Å². The molecule has 0 aliphatic heterocycles. The van der Waals surface area contributed by atoms with Gasteiger partial charge in [0.15, 0.2) is 9.84 Å². The first-order valence-electron chi connectivity index (χ1n) is 5.39. The van der Waals surface area contributed by atoms with E-state index in [9.17, 15) is 8.42 Å². The number of aliphatic hydroxyl groups is 1. The van der Waals surface area contributed by atoms with Crippen LogP contribution in [0.25, 0.3) is 0 Å². The van der Waals surface area contributed by atoms with E-state index in [0.717, 1.165) is 0 Å². The second kappa shape index (κ2) is 6.45. The topological polar surface area (TPSA) is 66.4 Å². The Morgan fingerprint density at radius 1 is 1.27 bits per heavy atom. The van der Waals surface area contributed by atoms with Gasteiger partial charge in [-0.1, -0.05) is 20.8 Å². The zero-order valence-electron chi connectivity index (χ0n) is 10.0. The molecule has 92 valence electrons. The van der Waals surface area contributed by atoms with Crippen molar-refractivity contribution in [3.05, 3.63) is 0 Å². The van der Waals surface area contributed by atoms with Crippen molar-refractivity contribution in [3.8, 4) is 0 Å². The summed E-state index contributed by atoms with van der Waals surface area (Å²) in [6.45, 7) is 7.50. The Morgan fingerprint density at radius 3 is 2.13 bits per heavy atom. The van der Waals surface area contributed by atoms with Gasteiger partial charge in [-0.05, 0) is 12.8 Å². The highest BCUT2D eigenvalue weighted by molar-refractivity contribution is 7.91. The first kappa shape index (κ1) is 14.9. The lowest BCUT2D eigenvalue weighted by molar-refractivity contribution is 0.203. The fraction of sp³-hybridized carbons (Fsp3) is 1.00. The maximum absolute atomic E-state index is 11.3. The van der Waals surface area contributed by atoms with Crippen molar-refractivity contribution in [1.82, 2.24) is 5.32 Å². The van der Waals surface area contributed by atoms with Crippen LogP contribution in [0.3, 0.4) is 0 Å². The molecule has 0 fully saturated rings. The maximum atomic E-state index is 11.3. The van der Waals surface area contributed by atoms with Gasteiger partial charge in [0.25, 0.3) is 0 Å². The Morgan fingerprint density at radius 2 is 1.80 bits per heavy atom. The van der Waals surface area contributed by atoms with E-state index < -0.39 is 9.84 Å². The van der Waals surface area contributed by atoms with Gasteiger partial charge in [-0.15, -0.1) is 0 Å². The third-order valence-electron chi connectivity index (χ3n) is 2.44. The van der Waals surface area contributed by atoms with Crippen LogP contribution in [-0.4, -0.2) is 43.7 Å². The molecule has 0 aliphatic carbocycles. The van der Waals surface area contributed by atoms with E-state index in [1.807, 2.05) is 20.8 Å². The molecule has 0 saturated carbocycles. The maximum Gasteiger partial charge on any atom is 0.151 e. The van der Waals surface area contributed by atoms with Gasteiger partial charge in [0, 0.05) is 17.8 Å². The number of rotatable bonds is 7. The van der Waals surface area contributed by atoms with Crippen LogP contribution < -0.4 is 5.32 Å². The lowest BCUT2D eigenvalue weighted by Gasteiger charge is -2.24. The predicted octanol–water partition coefficient (Wildman–Crippen LogP) is 0.416. The van der Waals surface area contributed by atoms with Crippen molar-refractivity contribution >= 4 is 9.84 Å². The monoisotopic (exact) mass is 237 g/mol. The lowest BCUT2D eigenvalue weighted by Crippen LogP contribution is -2.45. The van der Waals surface area contributed by atoms with Gasteiger partial charge in [-0.3, -0.25) is 0 Å². The van der Waals surface area contributed by atoms with Gasteiger partial charge in [-0.2, -0.15) is 0 Å². The predicted molar refractivity (Wildman–Crippen MR) is 62.6 cm³/mol. The third kappa shape index (κ3) is 6.12. The summed E-state index contributed by atoms with van der Waals surface area (Å²) in [4.78, 5) is 0. The summed E-state index contributed by atoms with van der Waals surface area (Å²) < 4.78 is 22.7. The molecular formula is C10H23NO3S. The van der Waals surface area contributed by atoms with Gasteiger partial charge in [0.2, 0.25) is 0 Å². The first-order valence-corrected chi connectivity index (χ1v) is 7.21. The van der Waals surface area contributed by atoms with Crippen LogP contribution >= 0.6 is 0 Å². The smallest absolute Gasteiger partial charge is 0.151 e. The van der Waals surface area contributed by atoms with Crippen LogP contribution in [0.15, 0.2) is 0 Å². The largest absolute Gasteiger partial charge is 0.395 e. The van der Waals surface area contributed by atoms with E-state index in [4.69, 9.17) is 5.11 Å². The van der Waals surface area contributed by atoms with E-state index in [1.165, 1.54) is 0 Å². The standard InChI is InChI=1S/C10H23NO3S/c1-5-15(13,14)7-9(4)11-10(6-12)8(2)3/h8-12H,5-7H2,1-4H3. The van der Waals surface area contributed by atoms with Gasteiger partial charge in [0.05, 0.1) is 12.4 Å². The first-order chi connectivity index (χ1) is 6.82. The molecule has 0 aromatic carbocycles. The fourth-order valence-corrected chi connectivity index (χ4v) is 2.46. The summed E-state index contributed by atoms with van der Waals surface area (Å²) in [6.07, 6.45) is 0. The normalized spacial score (nSPS) is 16.7. The van der Waals surface area contributed by atoms with Crippen molar-refractivity contribution in [2.75, 3.05) is 18.1 Å². The highest BCUT2D eigenvalue weighted by Gasteiger charge is 2.18. The van der Waals surface area contributed by atoms with Gasteiger partial charge in [0.1, 0.15) is 0 Å². The average molecular weight is 237 g/mol. The van der Waals surface area contributed by atoms with Crippen molar-refractivity contribution in [2.45, 2.75) is 39.8 Å². The van der Waals surface area contributed by atoms with Crippen LogP contribution in [0.5, 0.6) is 0 Å². The summed E-state index contributed by atoms with van der Waals surface area (Å²) in [5.41, 5.74) is 0. The fourth-order valence-electron chi connectivity index (χ4n) is 1.37. The van der Waals surface area contributed by atoms with E-state index >= 15 is 0 Å². The summed E-state index contributed by atoms with van der Waals surface area (Å²) in [6, 6.07) is -0.151. The molecule has 2 N–H and O–H groups in total. The molecule has 5 heteroatoms. The van der Waals surface area contributed by atoms with Crippen LogP contribution in [0.2, 0.25) is 0 Å².